The molecule has 0 aliphatic carbocycles. The van der Waals surface area contributed by atoms with Crippen LogP contribution in [0, 0.1) is 24.0 Å². The zero-order valence-corrected chi connectivity index (χ0v) is 14.4. The van der Waals surface area contributed by atoms with Crippen molar-refractivity contribution in [3.8, 4) is 0 Å². The SMILES string of the molecule is CC(=O)Nc1ccc(NC(=O)[C@H](C)n2nc(C)c([N+](=O)[O-])c2C)cc1. The van der Waals surface area contributed by atoms with Crippen LogP contribution in [0.1, 0.15) is 31.3 Å². The molecule has 2 aromatic rings. The monoisotopic (exact) mass is 345 g/mol. The van der Waals surface area contributed by atoms with E-state index in [0.29, 0.717) is 17.1 Å². The summed E-state index contributed by atoms with van der Waals surface area (Å²) < 4.78 is 1.34. The van der Waals surface area contributed by atoms with Gasteiger partial charge in [-0.25, -0.2) is 0 Å². The molecule has 1 atom stereocenters. The zero-order valence-electron chi connectivity index (χ0n) is 14.4. The van der Waals surface area contributed by atoms with Gasteiger partial charge in [0.2, 0.25) is 11.8 Å². The van der Waals surface area contributed by atoms with Gasteiger partial charge in [-0.2, -0.15) is 5.10 Å². The summed E-state index contributed by atoms with van der Waals surface area (Å²) in [6.45, 7) is 6.12. The Labute approximate surface area is 144 Å². The largest absolute Gasteiger partial charge is 0.326 e. The molecule has 2 N–H and O–H groups in total. The lowest BCUT2D eigenvalue weighted by Crippen LogP contribution is -2.25. The summed E-state index contributed by atoms with van der Waals surface area (Å²) in [5.41, 5.74) is 1.67. The van der Waals surface area contributed by atoms with Gasteiger partial charge in [-0.15, -0.1) is 0 Å². The quantitative estimate of drug-likeness (QED) is 0.637. The van der Waals surface area contributed by atoms with Gasteiger partial charge in [0.15, 0.2) is 0 Å². The number of anilines is 2. The summed E-state index contributed by atoms with van der Waals surface area (Å²) in [5, 5.41) is 20.5. The van der Waals surface area contributed by atoms with E-state index in [9.17, 15) is 19.7 Å². The Morgan fingerprint density at radius 2 is 1.68 bits per heavy atom. The van der Waals surface area contributed by atoms with Gasteiger partial charge in [0.25, 0.3) is 0 Å². The first-order valence-corrected chi connectivity index (χ1v) is 7.59. The molecule has 9 heteroatoms. The number of nitrogens with one attached hydrogen (secondary N) is 2. The van der Waals surface area contributed by atoms with Crippen molar-refractivity contribution >= 4 is 28.9 Å². The third kappa shape index (κ3) is 4.00. The molecule has 2 rings (SSSR count). The smallest absolute Gasteiger partial charge is 0.312 e. The van der Waals surface area contributed by atoms with Crippen molar-refractivity contribution in [3.63, 3.8) is 0 Å². The van der Waals surface area contributed by atoms with E-state index >= 15 is 0 Å². The molecule has 1 aromatic heterocycles. The van der Waals surface area contributed by atoms with Crippen molar-refractivity contribution in [2.75, 3.05) is 10.6 Å². The summed E-state index contributed by atoms with van der Waals surface area (Å²) in [6.07, 6.45) is 0. The van der Waals surface area contributed by atoms with Crippen molar-refractivity contribution in [3.05, 3.63) is 45.8 Å². The topological polar surface area (TPSA) is 119 Å². The number of carbonyl (C=O) groups excluding carboxylic acids is 2. The third-order valence-electron chi connectivity index (χ3n) is 3.69. The Morgan fingerprint density at radius 3 is 2.12 bits per heavy atom. The zero-order chi connectivity index (χ0) is 18.7. The fraction of sp³-hybridized carbons (Fsp3) is 0.312. The van der Waals surface area contributed by atoms with Crippen LogP contribution in [0.5, 0.6) is 0 Å². The maximum atomic E-state index is 12.4. The maximum absolute atomic E-state index is 12.4. The van der Waals surface area contributed by atoms with Crippen molar-refractivity contribution in [2.45, 2.75) is 33.7 Å². The van der Waals surface area contributed by atoms with E-state index in [0.717, 1.165) is 0 Å². The van der Waals surface area contributed by atoms with Crippen molar-refractivity contribution in [1.29, 1.82) is 0 Å². The maximum Gasteiger partial charge on any atom is 0.312 e. The Morgan fingerprint density at radius 1 is 1.16 bits per heavy atom. The lowest BCUT2D eigenvalue weighted by Gasteiger charge is -2.14. The number of carbonyl (C=O) groups is 2. The van der Waals surface area contributed by atoms with E-state index in [-0.39, 0.29) is 23.2 Å². The second-order valence-corrected chi connectivity index (χ2v) is 5.64. The van der Waals surface area contributed by atoms with E-state index in [1.54, 1.807) is 38.1 Å². The number of hydrogen-bond donors (Lipinski definition) is 2. The van der Waals surface area contributed by atoms with Gasteiger partial charge < -0.3 is 10.6 Å². The van der Waals surface area contributed by atoms with Crippen LogP contribution in [0.15, 0.2) is 24.3 Å². The molecular formula is C16H19N5O4. The molecule has 9 nitrogen and oxygen atoms in total. The van der Waals surface area contributed by atoms with E-state index in [1.807, 2.05) is 0 Å². The molecule has 0 saturated carbocycles. The van der Waals surface area contributed by atoms with Crippen molar-refractivity contribution in [1.82, 2.24) is 9.78 Å². The molecule has 0 fully saturated rings. The fourth-order valence-electron chi connectivity index (χ4n) is 2.49. The minimum atomic E-state index is -0.720. The molecule has 0 bridgehead atoms. The molecule has 0 aliphatic heterocycles. The predicted octanol–water partition coefficient (Wildman–Crippen LogP) is 2.57. The van der Waals surface area contributed by atoms with Crippen LogP contribution in [0.2, 0.25) is 0 Å². The van der Waals surface area contributed by atoms with Crippen LogP contribution in [-0.4, -0.2) is 26.5 Å². The molecule has 1 aromatic carbocycles. The Bertz CT molecular complexity index is 826. The number of amides is 2. The molecule has 0 aliphatic rings. The molecule has 25 heavy (non-hydrogen) atoms. The number of aromatic nitrogens is 2. The Balaban J connectivity index is 2.14. The molecule has 0 radical (unpaired) electrons. The second kappa shape index (κ2) is 7.12. The molecule has 0 unspecified atom stereocenters. The highest BCUT2D eigenvalue weighted by atomic mass is 16.6. The molecule has 0 spiro atoms. The van der Waals surface area contributed by atoms with Gasteiger partial charge in [0.1, 0.15) is 17.4 Å². The lowest BCUT2D eigenvalue weighted by atomic mass is 10.2. The van der Waals surface area contributed by atoms with E-state index < -0.39 is 11.0 Å². The van der Waals surface area contributed by atoms with Crippen LogP contribution >= 0.6 is 0 Å². The summed E-state index contributed by atoms with van der Waals surface area (Å²) in [7, 11) is 0. The number of benzene rings is 1. The average molecular weight is 345 g/mol. The van der Waals surface area contributed by atoms with Crippen LogP contribution in [0.25, 0.3) is 0 Å². The van der Waals surface area contributed by atoms with Crippen LogP contribution < -0.4 is 10.6 Å². The van der Waals surface area contributed by atoms with E-state index in [1.165, 1.54) is 18.5 Å². The fourth-order valence-corrected chi connectivity index (χ4v) is 2.49. The number of hydrogen-bond acceptors (Lipinski definition) is 5. The number of aryl methyl sites for hydroxylation is 1. The molecular weight excluding hydrogens is 326 g/mol. The summed E-state index contributed by atoms with van der Waals surface area (Å²) in [5.74, 6) is -0.538. The summed E-state index contributed by atoms with van der Waals surface area (Å²) >= 11 is 0. The van der Waals surface area contributed by atoms with Crippen LogP contribution in [-0.2, 0) is 9.59 Å². The van der Waals surface area contributed by atoms with Gasteiger partial charge in [0, 0.05) is 18.3 Å². The third-order valence-corrected chi connectivity index (χ3v) is 3.69. The molecule has 2 amide bonds. The molecule has 1 heterocycles. The Kier molecular flexibility index (Phi) is 5.16. The van der Waals surface area contributed by atoms with Gasteiger partial charge in [-0.05, 0) is 45.0 Å². The average Bonchev–Trinajstić information content (AvgIpc) is 2.82. The number of nitro groups is 1. The van der Waals surface area contributed by atoms with Gasteiger partial charge in [0.05, 0.1) is 4.92 Å². The first-order valence-electron chi connectivity index (χ1n) is 7.59. The van der Waals surface area contributed by atoms with Crippen molar-refractivity contribution in [2.24, 2.45) is 0 Å². The van der Waals surface area contributed by atoms with Crippen molar-refractivity contribution < 1.29 is 14.5 Å². The standard InChI is InChI=1S/C16H19N5O4/c1-9-15(21(24)25)10(2)20(19-9)11(3)16(23)18-14-7-5-13(6-8-14)17-12(4)22/h5-8,11H,1-4H3,(H,17,22)(H,18,23)/t11-/m0/s1. The Hall–Kier alpha value is -3.23. The van der Waals surface area contributed by atoms with E-state index in [4.69, 9.17) is 0 Å². The first kappa shape index (κ1) is 18.1. The van der Waals surface area contributed by atoms with Gasteiger partial charge in [-0.3, -0.25) is 24.4 Å². The highest BCUT2D eigenvalue weighted by molar-refractivity contribution is 5.94. The van der Waals surface area contributed by atoms with E-state index in [2.05, 4.69) is 15.7 Å². The lowest BCUT2D eigenvalue weighted by molar-refractivity contribution is -0.386. The van der Waals surface area contributed by atoms with Gasteiger partial charge >= 0.3 is 5.69 Å². The molecule has 132 valence electrons. The highest BCUT2D eigenvalue weighted by Gasteiger charge is 2.27. The first-order chi connectivity index (χ1) is 11.7. The number of nitrogens with zero attached hydrogens (tertiary/aromatic N) is 3. The highest BCUT2D eigenvalue weighted by Crippen LogP contribution is 2.25. The van der Waals surface area contributed by atoms with Crippen LogP contribution in [0.4, 0.5) is 17.1 Å². The normalized spacial score (nSPS) is 11.7. The summed E-state index contributed by atoms with van der Waals surface area (Å²) in [4.78, 5) is 34.0. The van der Waals surface area contributed by atoms with Crippen LogP contribution in [0.3, 0.4) is 0 Å². The molecule has 0 saturated heterocycles. The second-order valence-electron chi connectivity index (χ2n) is 5.64. The number of rotatable bonds is 5. The predicted molar refractivity (Wildman–Crippen MR) is 92.4 cm³/mol. The van der Waals surface area contributed by atoms with Gasteiger partial charge in [-0.1, -0.05) is 0 Å². The minimum absolute atomic E-state index is 0.0840. The summed E-state index contributed by atoms with van der Waals surface area (Å²) in [6, 6.07) is 5.91. The minimum Gasteiger partial charge on any atom is -0.326 e.